The minimum Gasteiger partial charge on any atom is -0.384 e. The van der Waals surface area contributed by atoms with Crippen LogP contribution in [-0.4, -0.2) is 10.1 Å². The maximum Gasteiger partial charge on any atom is 0.180 e. The van der Waals surface area contributed by atoms with Crippen molar-refractivity contribution < 1.29 is 5.11 Å². The summed E-state index contributed by atoms with van der Waals surface area (Å²) in [5, 5.41) is 10.8. The van der Waals surface area contributed by atoms with E-state index in [1.54, 1.807) is 6.20 Å². The van der Waals surface area contributed by atoms with Gasteiger partial charge >= 0.3 is 0 Å². The molecule has 0 saturated heterocycles. The third-order valence-corrected chi connectivity index (χ3v) is 3.44. The smallest absolute Gasteiger partial charge is 0.180 e. The lowest BCUT2D eigenvalue weighted by atomic mass is 9.87. The van der Waals surface area contributed by atoms with Crippen molar-refractivity contribution in [1.29, 1.82) is 0 Å². The Hall–Kier alpha value is -0.610. The highest BCUT2D eigenvalue weighted by Crippen LogP contribution is 2.36. The van der Waals surface area contributed by atoms with Gasteiger partial charge in [-0.1, -0.05) is 32.1 Å². The highest BCUT2D eigenvalue weighted by Gasteiger charge is 2.32. The second-order valence-electron chi connectivity index (χ2n) is 3.50. The van der Waals surface area contributed by atoms with E-state index >= 15 is 0 Å². The summed E-state index contributed by atoms with van der Waals surface area (Å²) in [5.74, 6) is 0.178. The molecule has 3 nitrogen and oxygen atoms in total. The molecular formula is C9H16N2OS. The number of nitrogens with zero attached hydrogens (tertiary/aromatic N) is 1. The van der Waals surface area contributed by atoms with Gasteiger partial charge in [0.25, 0.3) is 0 Å². The number of hydrogen-bond donors (Lipinski definition) is 2. The number of aromatic nitrogens is 1. The van der Waals surface area contributed by atoms with Gasteiger partial charge in [0.1, 0.15) is 5.60 Å². The molecule has 0 aliphatic rings. The van der Waals surface area contributed by atoms with Gasteiger partial charge in [-0.25, -0.2) is 4.98 Å². The van der Waals surface area contributed by atoms with E-state index in [2.05, 4.69) is 4.98 Å². The minimum atomic E-state index is -0.769. The quantitative estimate of drug-likeness (QED) is 0.784. The lowest BCUT2D eigenvalue weighted by Crippen LogP contribution is -2.29. The first-order valence-electron chi connectivity index (χ1n) is 4.45. The number of thiazole rings is 1. The van der Waals surface area contributed by atoms with Crippen LogP contribution in [0.3, 0.4) is 0 Å². The first kappa shape index (κ1) is 10.5. The molecule has 1 atom stereocenters. The fourth-order valence-electron chi connectivity index (χ4n) is 1.35. The van der Waals surface area contributed by atoms with Crippen LogP contribution in [0.4, 0.5) is 5.13 Å². The average molecular weight is 200 g/mol. The maximum absolute atomic E-state index is 10.3. The molecule has 0 aliphatic heterocycles. The lowest BCUT2D eigenvalue weighted by Gasteiger charge is -2.29. The number of anilines is 1. The van der Waals surface area contributed by atoms with Crippen LogP contribution in [0.1, 0.15) is 32.1 Å². The van der Waals surface area contributed by atoms with Gasteiger partial charge in [0, 0.05) is 6.20 Å². The van der Waals surface area contributed by atoms with E-state index in [9.17, 15) is 5.11 Å². The van der Waals surface area contributed by atoms with Crippen LogP contribution < -0.4 is 5.73 Å². The van der Waals surface area contributed by atoms with E-state index < -0.39 is 5.60 Å². The Morgan fingerprint density at radius 3 is 2.62 bits per heavy atom. The molecule has 1 rings (SSSR count). The molecule has 1 heterocycles. The Labute approximate surface area is 82.6 Å². The topological polar surface area (TPSA) is 59.1 Å². The van der Waals surface area contributed by atoms with E-state index in [0.29, 0.717) is 11.6 Å². The SMILES string of the molecule is CCC(O)(c1cnc(N)s1)C(C)C. The largest absolute Gasteiger partial charge is 0.384 e. The molecule has 0 radical (unpaired) electrons. The van der Waals surface area contributed by atoms with Crippen LogP contribution in [0.5, 0.6) is 0 Å². The van der Waals surface area contributed by atoms with Gasteiger partial charge in [-0.05, 0) is 12.3 Å². The van der Waals surface area contributed by atoms with Crippen molar-refractivity contribution in [3.05, 3.63) is 11.1 Å². The molecule has 0 bridgehead atoms. The van der Waals surface area contributed by atoms with E-state index in [-0.39, 0.29) is 5.92 Å². The molecule has 1 unspecified atom stereocenters. The van der Waals surface area contributed by atoms with Crippen molar-refractivity contribution in [1.82, 2.24) is 4.98 Å². The van der Waals surface area contributed by atoms with E-state index in [4.69, 9.17) is 5.73 Å². The summed E-state index contributed by atoms with van der Waals surface area (Å²) in [5.41, 5.74) is 4.76. The highest BCUT2D eigenvalue weighted by molar-refractivity contribution is 7.15. The number of aliphatic hydroxyl groups is 1. The zero-order valence-corrected chi connectivity index (χ0v) is 9.06. The highest BCUT2D eigenvalue weighted by atomic mass is 32.1. The first-order chi connectivity index (χ1) is 6.00. The van der Waals surface area contributed by atoms with Gasteiger partial charge in [0.2, 0.25) is 0 Å². The molecule has 4 heteroatoms. The molecule has 0 fully saturated rings. The van der Waals surface area contributed by atoms with Crippen LogP contribution in [0, 0.1) is 5.92 Å². The summed E-state index contributed by atoms with van der Waals surface area (Å²) in [6.07, 6.45) is 2.36. The predicted octanol–water partition coefficient (Wildman–Crippen LogP) is 1.98. The number of hydrogen-bond acceptors (Lipinski definition) is 4. The second-order valence-corrected chi connectivity index (χ2v) is 4.56. The monoisotopic (exact) mass is 200 g/mol. The van der Waals surface area contributed by atoms with Gasteiger partial charge in [-0.15, -0.1) is 0 Å². The van der Waals surface area contributed by atoms with Crippen LogP contribution in [0.2, 0.25) is 0 Å². The fourth-order valence-corrected chi connectivity index (χ4v) is 2.35. The Kier molecular flexibility index (Phi) is 2.93. The molecular weight excluding hydrogens is 184 g/mol. The Balaban J connectivity index is 3.02. The van der Waals surface area contributed by atoms with Crippen molar-refractivity contribution in [2.75, 3.05) is 5.73 Å². The van der Waals surface area contributed by atoms with Gasteiger partial charge in [-0.3, -0.25) is 0 Å². The standard InChI is InChI=1S/C9H16N2OS/c1-4-9(12,6(2)3)7-5-11-8(10)13-7/h5-6,12H,4H2,1-3H3,(H2,10,11). The summed E-state index contributed by atoms with van der Waals surface area (Å²) >= 11 is 1.36. The van der Waals surface area contributed by atoms with Gasteiger partial charge in [-0.2, -0.15) is 0 Å². The summed E-state index contributed by atoms with van der Waals surface area (Å²) in [6.45, 7) is 5.97. The van der Waals surface area contributed by atoms with E-state index in [1.807, 2.05) is 20.8 Å². The lowest BCUT2D eigenvalue weighted by molar-refractivity contribution is -0.0107. The molecule has 0 aliphatic carbocycles. The molecule has 0 spiro atoms. The fraction of sp³-hybridized carbons (Fsp3) is 0.667. The Bertz CT molecular complexity index is 285. The summed E-state index contributed by atoms with van der Waals surface area (Å²) in [4.78, 5) is 4.81. The van der Waals surface area contributed by atoms with Crippen molar-refractivity contribution in [2.45, 2.75) is 32.8 Å². The van der Waals surface area contributed by atoms with E-state index in [1.165, 1.54) is 11.3 Å². The van der Waals surface area contributed by atoms with Crippen molar-refractivity contribution >= 4 is 16.5 Å². The molecule has 0 saturated carbocycles. The predicted molar refractivity (Wildman–Crippen MR) is 55.6 cm³/mol. The number of nitrogens with two attached hydrogens (primary N) is 1. The van der Waals surface area contributed by atoms with Crippen LogP contribution >= 0.6 is 11.3 Å². The molecule has 0 amide bonds. The molecule has 3 N–H and O–H groups in total. The zero-order chi connectivity index (χ0) is 10.1. The Morgan fingerprint density at radius 2 is 2.31 bits per heavy atom. The summed E-state index contributed by atoms with van der Waals surface area (Å²) in [7, 11) is 0. The summed E-state index contributed by atoms with van der Waals surface area (Å²) < 4.78 is 0. The van der Waals surface area contributed by atoms with Crippen LogP contribution in [0.15, 0.2) is 6.20 Å². The van der Waals surface area contributed by atoms with Crippen molar-refractivity contribution in [3.8, 4) is 0 Å². The molecule has 1 aromatic heterocycles. The Morgan fingerprint density at radius 1 is 1.69 bits per heavy atom. The number of rotatable bonds is 3. The minimum absolute atomic E-state index is 0.178. The zero-order valence-electron chi connectivity index (χ0n) is 8.24. The first-order valence-corrected chi connectivity index (χ1v) is 5.26. The molecule has 74 valence electrons. The third kappa shape index (κ3) is 1.84. The maximum atomic E-state index is 10.3. The second kappa shape index (κ2) is 3.64. The normalized spacial score (nSPS) is 16.1. The molecule has 0 aromatic carbocycles. The molecule has 13 heavy (non-hydrogen) atoms. The van der Waals surface area contributed by atoms with Crippen molar-refractivity contribution in [2.24, 2.45) is 5.92 Å². The third-order valence-electron chi connectivity index (χ3n) is 2.44. The van der Waals surface area contributed by atoms with Gasteiger partial charge < -0.3 is 10.8 Å². The average Bonchev–Trinajstić information content (AvgIpc) is 2.50. The van der Waals surface area contributed by atoms with Crippen LogP contribution in [0.25, 0.3) is 0 Å². The van der Waals surface area contributed by atoms with Gasteiger partial charge in [0.15, 0.2) is 5.13 Å². The van der Waals surface area contributed by atoms with Gasteiger partial charge in [0.05, 0.1) is 4.88 Å². The molecule has 1 aromatic rings. The van der Waals surface area contributed by atoms with Crippen LogP contribution in [-0.2, 0) is 5.60 Å². The summed E-state index contributed by atoms with van der Waals surface area (Å²) in [6, 6.07) is 0. The number of nitrogen functional groups attached to an aromatic ring is 1. The van der Waals surface area contributed by atoms with Crippen molar-refractivity contribution in [3.63, 3.8) is 0 Å². The van der Waals surface area contributed by atoms with E-state index in [0.717, 1.165) is 4.88 Å².